The summed E-state index contributed by atoms with van der Waals surface area (Å²) in [6, 6.07) is 34.9. The summed E-state index contributed by atoms with van der Waals surface area (Å²) < 4.78 is 2.41. The van der Waals surface area contributed by atoms with Gasteiger partial charge in [0, 0.05) is 189 Å². The summed E-state index contributed by atoms with van der Waals surface area (Å²) in [7, 11) is 2.22. The van der Waals surface area contributed by atoms with Crippen molar-refractivity contribution in [2.45, 2.75) is 137 Å². The van der Waals surface area contributed by atoms with Gasteiger partial charge in [-0.3, -0.25) is 29.7 Å². The molecule has 0 aliphatic carbocycles. The molecule has 0 amide bonds. The number of hydrogen-bond donors (Lipinski definition) is 5. The number of rotatable bonds is 11. The molecule has 0 bridgehead atoms. The van der Waals surface area contributed by atoms with Crippen LogP contribution in [0.3, 0.4) is 0 Å². The van der Waals surface area contributed by atoms with E-state index in [1.54, 1.807) is 12.4 Å². The summed E-state index contributed by atoms with van der Waals surface area (Å²) in [6.45, 7) is 13.7. The lowest BCUT2D eigenvalue weighted by molar-refractivity contribution is 0.0102. The Morgan fingerprint density at radius 3 is 2.31 bits per heavy atom. The van der Waals surface area contributed by atoms with Crippen LogP contribution in [0.2, 0.25) is 5.02 Å². The number of aromatic nitrogens is 6. The van der Waals surface area contributed by atoms with Crippen LogP contribution in [0.4, 0.5) is 0 Å². The van der Waals surface area contributed by atoms with Crippen molar-refractivity contribution in [3.63, 3.8) is 0 Å². The maximum atomic E-state index is 12.7. The van der Waals surface area contributed by atoms with Gasteiger partial charge in [-0.05, 0) is 155 Å². The van der Waals surface area contributed by atoms with Gasteiger partial charge in [-0.2, -0.15) is 0 Å². The minimum atomic E-state index is -1.15. The molecule has 15 rings (SSSR count). The van der Waals surface area contributed by atoms with E-state index < -0.39 is 22.7 Å². The smallest absolute Gasteiger partial charge is 0.0892 e. The third kappa shape index (κ3) is 8.56. The summed E-state index contributed by atoms with van der Waals surface area (Å²) in [5.41, 5.74) is 14.6. The Morgan fingerprint density at radius 2 is 1.48 bits per heavy atom. The van der Waals surface area contributed by atoms with E-state index in [-0.39, 0.29) is 35.8 Å². The Hall–Kier alpha value is -6.22. The summed E-state index contributed by atoms with van der Waals surface area (Å²) in [5, 5.41) is 41.5. The number of aliphatic hydroxyl groups is 3. The van der Waals surface area contributed by atoms with Crippen molar-refractivity contribution in [3.8, 4) is 0 Å². The third-order valence-electron chi connectivity index (χ3n) is 20.7. The first-order valence-corrected chi connectivity index (χ1v) is 30.1. The van der Waals surface area contributed by atoms with E-state index >= 15 is 0 Å². The number of aromatic amines is 2. The van der Waals surface area contributed by atoms with Crippen LogP contribution < -0.4 is 0 Å². The second-order valence-corrected chi connectivity index (χ2v) is 26.7. The fourth-order valence-corrected chi connectivity index (χ4v) is 17.3. The largest absolute Gasteiger partial charge is 0.388 e. The Bertz CT molecular complexity index is 3900. The Kier molecular flexibility index (Phi) is 12.2. The maximum Gasteiger partial charge on any atom is 0.0892 e. The first kappa shape index (κ1) is 51.6. The number of para-hydroxylation sites is 1. The number of nitrogens with zero attached hydrogens (tertiary/aromatic N) is 7. The molecule has 6 aliphatic rings. The summed E-state index contributed by atoms with van der Waals surface area (Å²) in [4.78, 5) is 30.3. The second-order valence-electron chi connectivity index (χ2n) is 26.3. The highest BCUT2D eigenvalue weighted by molar-refractivity contribution is 6.31. The molecular weight excluding hydrogens is 1030 g/mol. The van der Waals surface area contributed by atoms with Crippen molar-refractivity contribution in [3.05, 3.63) is 194 Å². The quantitative estimate of drug-likeness (QED) is 0.0854. The Labute approximate surface area is 479 Å². The first-order valence-electron chi connectivity index (χ1n) is 29.8. The molecule has 11 atom stereocenters. The molecule has 12 nitrogen and oxygen atoms in total. The number of pyridine rings is 3. The predicted octanol–water partition coefficient (Wildman–Crippen LogP) is 12.7. The molecule has 0 radical (unpaired) electrons. The van der Waals surface area contributed by atoms with E-state index in [1.165, 1.54) is 68.5 Å². The fraction of sp³-hybridized carbons (Fsp3) is 0.426. The molecule has 5 N–H and O–H groups in total. The van der Waals surface area contributed by atoms with Crippen molar-refractivity contribution in [2.75, 3.05) is 39.3 Å². The molecule has 416 valence electrons. The molecular formula is C68H74ClN9O3. The fourth-order valence-electron chi connectivity index (χ4n) is 17.1. The lowest BCUT2D eigenvalue weighted by atomic mass is 9.70. The number of aliphatic hydroxyl groups excluding tert-OH is 1. The molecule has 9 aromatic rings. The Balaban J connectivity index is 0.671. The van der Waals surface area contributed by atoms with Gasteiger partial charge in [0.05, 0.1) is 17.3 Å². The maximum absolute atomic E-state index is 12.7. The number of aryl methyl sites for hydroxylation is 2. The number of benzene rings is 3. The molecule has 3 saturated heterocycles. The number of nitrogens with one attached hydrogen (secondary N) is 2. The Morgan fingerprint density at radius 1 is 0.716 bits per heavy atom. The monoisotopic (exact) mass is 1100 g/mol. The highest BCUT2D eigenvalue weighted by Crippen LogP contribution is 2.56. The lowest BCUT2D eigenvalue weighted by Crippen LogP contribution is -2.47. The third-order valence-corrected chi connectivity index (χ3v) is 20.9. The topological polar surface area (TPSA) is 146 Å². The number of hydrogen-bond acceptors (Lipinski definition) is 9. The molecule has 0 spiro atoms. The van der Waals surface area contributed by atoms with Crippen LogP contribution in [0, 0.1) is 6.92 Å². The average molecular weight is 1100 g/mol. The second kappa shape index (κ2) is 19.2. The highest BCUT2D eigenvalue weighted by Gasteiger charge is 2.51. The molecule has 6 aliphatic heterocycles. The predicted molar refractivity (Wildman–Crippen MR) is 320 cm³/mol. The van der Waals surface area contributed by atoms with Crippen molar-refractivity contribution in [1.29, 1.82) is 0 Å². The molecule has 13 heteroatoms. The van der Waals surface area contributed by atoms with Gasteiger partial charge in [0.15, 0.2) is 0 Å². The average Bonchev–Trinajstić information content (AvgIpc) is 4.54. The van der Waals surface area contributed by atoms with Crippen LogP contribution in [0.1, 0.15) is 181 Å². The van der Waals surface area contributed by atoms with E-state index in [9.17, 15) is 15.3 Å². The minimum Gasteiger partial charge on any atom is -0.388 e. The molecule has 6 aromatic heterocycles. The van der Waals surface area contributed by atoms with Crippen LogP contribution >= 0.6 is 11.6 Å². The van der Waals surface area contributed by atoms with Gasteiger partial charge in [-0.25, -0.2) is 0 Å². The van der Waals surface area contributed by atoms with Gasteiger partial charge in [0.25, 0.3) is 0 Å². The van der Waals surface area contributed by atoms with Gasteiger partial charge in [-0.1, -0.05) is 60.5 Å². The van der Waals surface area contributed by atoms with E-state index in [0.29, 0.717) is 30.3 Å². The van der Waals surface area contributed by atoms with E-state index in [0.717, 1.165) is 96.6 Å². The molecule has 12 heterocycles. The van der Waals surface area contributed by atoms with Gasteiger partial charge in [0.2, 0.25) is 0 Å². The standard InChI is InChI=1S/C68H74ClN9O3/c1-39-14-17-52-49(24-39)60-57-27-42(54-25-40(20-22-71-54)59(79)28-43-35-76-23-9-13-56(76)61-48-11-6-7-12-55(48)75(5)64(43)61)33-77(57)36-44(63(60)73-52)30-67(3,80)46-15-18-51(72-32-46)41-26-58-62-50-29-47(69)16-19-53(50)74-65(62)66(2,38-78(58)34-41)37-68(4,81)45-10-8-21-70-31-45/h6-8,10-12,14-22,24-25,29,31-32,41-44,56-59,73-74,79-81H,9,13,23,26-28,30,33-38H2,1-5H3. The van der Waals surface area contributed by atoms with E-state index in [2.05, 4.69) is 128 Å². The van der Waals surface area contributed by atoms with Crippen molar-refractivity contribution in [2.24, 2.45) is 7.05 Å². The summed E-state index contributed by atoms with van der Waals surface area (Å²) in [6.07, 6.45) is 12.7. The van der Waals surface area contributed by atoms with Gasteiger partial charge in [0.1, 0.15) is 0 Å². The van der Waals surface area contributed by atoms with Crippen molar-refractivity contribution < 1.29 is 15.3 Å². The molecule has 11 unspecified atom stereocenters. The molecule has 3 fully saturated rings. The van der Waals surface area contributed by atoms with Gasteiger partial charge in [-0.15, -0.1) is 0 Å². The number of H-pyrrole nitrogens is 2. The van der Waals surface area contributed by atoms with Crippen LogP contribution in [0.5, 0.6) is 0 Å². The zero-order chi connectivity index (χ0) is 55.3. The van der Waals surface area contributed by atoms with Crippen LogP contribution in [0.15, 0.2) is 122 Å². The number of fused-ring (bicyclic) bond motifs is 15. The van der Waals surface area contributed by atoms with E-state index in [4.69, 9.17) is 21.6 Å². The zero-order valence-corrected chi connectivity index (χ0v) is 48.0. The van der Waals surface area contributed by atoms with E-state index in [1.807, 2.05) is 50.5 Å². The van der Waals surface area contributed by atoms with Crippen molar-refractivity contribution in [1.82, 2.24) is 44.2 Å². The normalized spacial score (nSPS) is 27.4. The lowest BCUT2D eigenvalue weighted by Gasteiger charge is -2.45. The van der Waals surface area contributed by atoms with Crippen LogP contribution in [-0.4, -0.2) is 98.8 Å². The highest BCUT2D eigenvalue weighted by atomic mass is 35.5. The molecule has 0 saturated carbocycles. The molecule has 81 heavy (non-hydrogen) atoms. The first-order chi connectivity index (χ1) is 39.1. The zero-order valence-electron chi connectivity index (χ0n) is 47.2. The summed E-state index contributed by atoms with van der Waals surface area (Å²) in [5.74, 6) is 0.636. The minimum absolute atomic E-state index is 0.0427. The van der Waals surface area contributed by atoms with Crippen LogP contribution in [0.25, 0.3) is 32.7 Å². The number of halogens is 1. The van der Waals surface area contributed by atoms with Crippen LogP contribution in [-0.2, 0) is 23.7 Å². The van der Waals surface area contributed by atoms with Gasteiger partial charge >= 0.3 is 0 Å². The van der Waals surface area contributed by atoms with Gasteiger partial charge < -0.3 is 29.9 Å². The van der Waals surface area contributed by atoms with Crippen molar-refractivity contribution >= 4 is 44.3 Å². The summed E-state index contributed by atoms with van der Waals surface area (Å²) >= 11 is 6.71. The molecule has 3 aromatic carbocycles. The SMILES string of the molecule is Cc1ccc2[nH]c3c(c2c1)C1CC(c2cc(C(O)CC4CN5CCCC5c5c4n(C)c4ccccc54)ccn2)CN1CC3CC(C)(O)c1ccc(C2CC3c4c([nH]c5ccc(Cl)cc45)C(C)(CC(C)(O)c4cccnc4)CN3C2)nc1.